The first-order chi connectivity index (χ1) is 17.2. The van der Waals surface area contributed by atoms with Crippen LogP contribution in [0.1, 0.15) is 17.3 Å². The largest absolute Gasteiger partial charge is 0.497 e. The van der Waals surface area contributed by atoms with E-state index in [1.807, 2.05) is 60.2 Å². The fourth-order valence-electron chi connectivity index (χ4n) is 3.88. The van der Waals surface area contributed by atoms with Crippen molar-refractivity contribution >= 4 is 28.4 Å². The number of benzene rings is 3. The molecule has 8 heteroatoms. The lowest BCUT2D eigenvalue weighted by Gasteiger charge is -2.11. The van der Waals surface area contributed by atoms with Gasteiger partial charge in [0.1, 0.15) is 11.5 Å². The molecule has 0 amide bonds. The number of H-pyrrole nitrogens is 1. The first-order valence-corrected chi connectivity index (χ1v) is 12.2. The molecule has 1 N–H and O–H groups in total. The van der Waals surface area contributed by atoms with E-state index in [1.165, 1.54) is 11.8 Å². The van der Waals surface area contributed by atoms with E-state index >= 15 is 0 Å². The topological polar surface area (TPSA) is 82.0 Å². The number of Topliss-reactive ketones (excluding diaryl/α,β-unsaturated/α-hetero) is 1. The lowest BCUT2D eigenvalue weighted by atomic mass is 10.1. The number of hydrogen-bond acceptors (Lipinski definition) is 6. The van der Waals surface area contributed by atoms with E-state index in [0.717, 1.165) is 27.9 Å². The van der Waals surface area contributed by atoms with Crippen LogP contribution in [-0.2, 0) is 0 Å². The highest BCUT2D eigenvalue weighted by Gasteiger charge is 2.20. The van der Waals surface area contributed by atoms with Crippen LogP contribution >= 0.6 is 11.8 Å². The van der Waals surface area contributed by atoms with Gasteiger partial charge >= 0.3 is 0 Å². The Kier molecular flexibility index (Phi) is 6.54. The Hall–Kier alpha value is -4.04. The van der Waals surface area contributed by atoms with Crippen LogP contribution in [0.4, 0.5) is 0 Å². The third-order valence-electron chi connectivity index (χ3n) is 5.61. The van der Waals surface area contributed by atoms with Crippen molar-refractivity contribution in [3.63, 3.8) is 0 Å². The van der Waals surface area contributed by atoms with E-state index in [0.29, 0.717) is 28.9 Å². The Morgan fingerprint density at radius 2 is 1.71 bits per heavy atom. The lowest BCUT2D eigenvalue weighted by Crippen LogP contribution is -2.05. The average molecular weight is 485 g/mol. The fraction of sp³-hybridized carbons (Fsp3) is 0.148. The summed E-state index contributed by atoms with van der Waals surface area (Å²) in [4.78, 5) is 16.2. The number of hydrogen-bond donors (Lipinski definition) is 1. The van der Waals surface area contributed by atoms with E-state index in [-0.39, 0.29) is 11.5 Å². The first kappa shape index (κ1) is 22.7. The molecule has 5 aromatic rings. The van der Waals surface area contributed by atoms with Gasteiger partial charge in [-0.1, -0.05) is 30.0 Å². The number of nitrogens with one attached hydrogen (secondary N) is 1. The van der Waals surface area contributed by atoms with Gasteiger partial charge in [-0.15, -0.1) is 10.2 Å². The summed E-state index contributed by atoms with van der Waals surface area (Å²) in [5.74, 6) is 2.45. The normalized spacial score (nSPS) is 11.0. The molecule has 0 fully saturated rings. The number of nitrogens with zero attached hydrogens (tertiary/aromatic N) is 3. The SMILES string of the molecule is CCOc1ccc(-n2c(SCC(=O)c3ccc(OC)cc3)nnc2-c2c[nH]c3ccccc23)cc1. The maximum atomic E-state index is 12.9. The van der Waals surface area contributed by atoms with E-state index in [4.69, 9.17) is 9.47 Å². The van der Waals surface area contributed by atoms with Gasteiger partial charge in [-0.3, -0.25) is 9.36 Å². The fourth-order valence-corrected chi connectivity index (χ4v) is 4.72. The molecule has 0 spiro atoms. The molecule has 0 radical (unpaired) electrons. The minimum Gasteiger partial charge on any atom is -0.497 e. The van der Waals surface area contributed by atoms with Crippen LogP contribution in [0.2, 0.25) is 0 Å². The Morgan fingerprint density at radius 3 is 2.46 bits per heavy atom. The van der Waals surface area contributed by atoms with Crippen molar-refractivity contribution in [2.75, 3.05) is 19.5 Å². The third kappa shape index (κ3) is 4.65. The molecule has 2 aromatic heterocycles. The maximum Gasteiger partial charge on any atom is 0.196 e. The van der Waals surface area contributed by atoms with Crippen molar-refractivity contribution in [3.8, 4) is 28.6 Å². The molecular formula is C27H24N4O3S. The molecule has 7 nitrogen and oxygen atoms in total. The molecule has 0 saturated carbocycles. The number of thioether (sulfide) groups is 1. The second-order valence-electron chi connectivity index (χ2n) is 7.76. The Labute approximate surface area is 207 Å². The number of methoxy groups -OCH3 is 1. The number of carbonyl (C=O) groups excluding carboxylic acids is 1. The van der Waals surface area contributed by atoms with Crippen molar-refractivity contribution in [3.05, 3.63) is 84.6 Å². The molecule has 2 heterocycles. The summed E-state index contributed by atoms with van der Waals surface area (Å²) in [5.41, 5.74) is 3.48. The number of ketones is 1. The zero-order valence-corrected chi connectivity index (χ0v) is 20.2. The molecule has 0 aliphatic rings. The summed E-state index contributed by atoms with van der Waals surface area (Å²) in [6.07, 6.45) is 1.94. The highest BCUT2D eigenvalue weighted by molar-refractivity contribution is 7.99. The third-order valence-corrected chi connectivity index (χ3v) is 6.54. The summed E-state index contributed by atoms with van der Waals surface area (Å²) in [6.45, 7) is 2.55. The van der Waals surface area contributed by atoms with E-state index in [9.17, 15) is 4.79 Å². The van der Waals surface area contributed by atoms with E-state index < -0.39 is 0 Å². The van der Waals surface area contributed by atoms with Crippen LogP contribution in [0, 0.1) is 0 Å². The monoisotopic (exact) mass is 484 g/mol. The second-order valence-corrected chi connectivity index (χ2v) is 8.70. The van der Waals surface area contributed by atoms with Crippen LogP contribution in [0.25, 0.3) is 28.0 Å². The number of aromatic amines is 1. The number of aromatic nitrogens is 4. The van der Waals surface area contributed by atoms with Gasteiger partial charge in [-0.25, -0.2) is 0 Å². The minimum absolute atomic E-state index is 0.00698. The Morgan fingerprint density at radius 1 is 0.971 bits per heavy atom. The zero-order chi connectivity index (χ0) is 24.2. The summed E-state index contributed by atoms with van der Waals surface area (Å²) < 4.78 is 12.8. The predicted octanol–water partition coefficient (Wildman–Crippen LogP) is 5.80. The molecular weight excluding hydrogens is 460 g/mol. The molecule has 3 aromatic carbocycles. The smallest absolute Gasteiger partial charge is 0.196 e. The van der Waals surface area contributed by atoms with Crippen LogP contribution in [0.15, 0.2) is 84.1 Å². The van der Waals surface area contributed by atoms with Crippen molar-refractivity contribution in [1.82, 2.24) is 19.7 Å². The molecule has 0 atom stereocenters. The van der Waals surface area contributed by atoms with E-state index in [1.54, 1.807) is 31.4 Å². The minimum atomic E-state index is 0.00698. The van der Waals surface area contributed by atoms with Gasteiger partial charge in [-0.05, 0) is 61.5 Å². The van der Waals surface area contributed by atoms with Crippen molar-refractivity contribution in [2.24, 2.45) is 0 Å². The standard InChI is InChI=1S/C27H24N4O3S/c1-3-34-21-14-10-19(11-15-21)31-26(23-16-28-24-7-5-4-6-22(23)24)29-30-27(31)35-17-25(32)18-8-12-20(33-2)13-9-18/h4-16,28H,3,17H2,1-2H3. The quantitative estimate of drug-likeness (QED) is 0.210. The van der Waals surface area contributed by atoms with Gasteiger partial charge in [0.2, 0.25) is 0 Å². The van der Waals surface area contributed by atoms with Crippen LogP contribution in [-0.4, -0.2) is 45.0 Å². The van der Waals surface area contributed by atoms with Gasteiger partial charge in [0.05, 0.1) is 19.5 Å². The summed E-state index contributed by atoms with van der Waals surface area (Å²) >= 11 is 1.36. The molecule has 0 unspecified atom stereocenters. The van der Waals surface area contributed by atoms with Crippen molar-refractivity contribution < 1.29 is 14.3 Å². The van der Waals surface area contributed by atoms with Gasteiger partial charge in [-0.2, -0.15) is 0 Å². The number of carbonyl (C=O) groups is 1. The van der Waals surface area contributed by atoms with Gasteiger partial charge in [0.25, 0.3) is 0 Å². The number of fused-ring (bicyclic) bond motifs is 1. The molecule has 0 bridgehead atoms. The molecule has 0 saturated heterocycles. The predicted molar refractivity (Wildman–Crippen MR) is 138 cm³/mol. The second kappa shape index (κ2) is 10.1. The molecule has 176 valence electrons. The zero-order valence-electron chi connectivity index (χ0n) is 19.4. The number of rotatable bonds is 9. The van der Waals surface area contributed by atoms with Crippen molar-refractivity contribution in [2.45, 2.75) is 12.1 Å². The summed E-state index contributed by atoms with van der Waals surface area (Å²) in [7, 11) is 1.60. The lowest BCUT2D eigenvalue weighted by molar-refractivity contribution is 0.102. The Balaban J connectivity index is 1.50. The Bertz CT molecular complexity index is 1460. The number of para-hydroxylation sites is 1. The molecule has 0 aliphatic carbocycles. The molecule has 5 rings (SSSR count). The van der Waals surface area contributed by atoms with Gasteiger partial charge < -0.3 is 14.5 Å². The van der Waals surface area contributed by atoms with Crippen LogP contribution in [0.3, 0.4) is 0 Å². The average Bonchev–Trinajstić information content (AvgIpc) is 3.52. The first-order valence-electron chi connectivity index (χ1n) is 11.2. The van der Waals surface area contributed by atoms with Gasteiger partial charge in [0, 0.05) is 33.9 Å². The van der Waals surface area contributed by atoms with E-state index in [2.05, 4.69) is 21.2 Å². The maximum absolute atomic E-state index is 12.9. The molecule has 35 heavy (non-hydrogen) atoms. The number of ether oxygens (including phenoxy) is 2. The van der Waals surface area contributed by atoms with Crippen LogP contribution < -0.4 is 9.47 Å². The highest BCUT2D eigenvalue weighted by atomic mass is 32.2. The van der Waals surface area contributed by atoms with Crippen LogP contribution in [0.5, 0.6) is 11.5 Å². The van der Waals surface area contributed by atoms with Crippen molar-refractivity contribution in [1.29, 1.82) is 0 Å². The summed E-state index contributed by atoms with van der Waals surface area (Å²) in [5, 5.41) is 10.7. The highest BCUT2D eigenvalue weighted by Crippen LogP contribution is 2.33. The molecule has 0 aliphatic heterocycles. The summed E-state index contributed by atoms with van der Waals surface area (Å²) in [6, 6.07) is 23.0. The van der Waals surface area contributed by atoms with Gasteiger partial charge in [0.15, 0.2) is 16.8 Å².